The molecule has 1 aromatic rings. The minimum Gasteiger partial charge on any atom is -0.389 e. The normalized spacial score (nSPS) is 9.69. The number of halogens is 1. The van der Waals surface area contributed by atoms with Crippen LogP contribution < -0.4 is 11.1 Å². The van der Waals surface area contributed by atoms with Crippen LogP contribution in [0.4, 0.5) is 5.69 Å². The maximum Gasteiger partial charge on any atom is 0.107 e. The van der Waals surface area contributed by atoms with Crippen molar-refractivity contribution in [3.63, 3.8) is 0 Å². The van der Waals surface area contributed by atoms with Crippen LogP contribution in [-0.4, -0.2) is 11.5 Å². The van der Waals surface area contributed by atoms with Crippen LogP contribution in [0.15, 0.2) is 22.7 Å². The molecule has 3 N–H and O–H groups in total. The van der Waals surface area contributed by atoms with E-state index in [-0.39, 0.29) is 0 Å². The summed E-state index contributed by atoms with van der Waals surface area (Å²) in [7, 11) is 0. The molecule has 4 heteroatoms. The van der Waals surface area contributed by atoms with Gasteiger partial charge in [-0.1, -0.05) is 18.3 Å². The Morgan fingerprint density at radius 1 is 1.62 bits per heavy atom. The van der Waals surface area contributed by atoms with Crippen molar-refractivity contribution in [2.24, 2.45) is 5.73 Å². The second-order valence-electron chi connectivity index (χ2n) is 2.56. The van der Waals surface area contributed by atoms with Gasteiger partial charge in [-0.25, -0.2) is 0 Å². The largest absolute Gasteiger partial charge is 0.389 e. The van der Waals surface area contributed by atoms with Crippen LogP contribution in [0.25, 0.3) is 0 Å². The third kappa shape index (κ3) is 2.42. The predicted molar refractivity (Wildman–Crippen MR) is 64.2 cm³/mol. The first-order valence-corrected chi connectivity index (χ1v) is 5.19. The van der Waals surface area contributed by atoms with E-state index in [4.69, 9.17) is 18.0 Å². The lowest BCUT2D eigenvalue weighted by atomic mass is 10.2. The zero-order chi connectivity index (χ0) is 9.84. The molecule has 13 heavy (non-hydrogen) atoms. The molecule has 0 amide bonds. The van der Waals surface area contributed by atoms with Crippen LogP contribution in [0, 0.1) is 0 Å². The van der Waals surface area contributed by atoms with Gasteiger partial charge >= 0.3 is 0 Å². The summed E-state index contributed by atoms with van der Waals surface area (Å²) in [6.07, 6.45) is 0. The number of hydrogen-bond donors (Lipinski definition) is 2. The molecule has 0 aliphatic rings. The summed E-state index contributed by atoms with van der Waals surface area (Å²) in [6, 6.07) is 5.84. The van der Waals surface area contributed by atoms with Crippen LogP contribution >= 0.6 is 28.1 Å². The number of rotatable bonds is 3. The van der Waals surface area contributed by atoms with Gasteiger partial charge in [-0.2, -0.15) is 0 Å². The summed E-state index contributed by atoms with van der Waals surface area (Å²) in [5.74, 6) is 0. The Kier molecular flexibility index (Phi) is 3.69. The molecule has 1 rings (SSSR count). The standard InChI is InChI=1S/C9H11BrN2S/c1-2-12-7-5-3-4-6(10)8(7)9(11)13/h3-5,12H,2H2,1H3,(H2,11,13). The molecule has 0 spiro atoms. The Labute approximate surface area is 91.6 Å². The van der Waals surface area contributed by atoms with E-state index < -0.39 is 0 Å². The van der Waals surface area contributed by atoms with E-state index in [2.05, 4.69) is 21.2 Å². The molecule has 0 saturated carbocycles. The monoisotopic (exact) mass is 258 g/mol. The van der Waals surface area contributed by atoms with E-state index in [0.717, 1.165) is 22.3 Å². The molecule has 0 atom stereocenters. The van der Waals surface area contributed by atoms with E-state index in [9.17, 15) is 0 Å². The maximum atomic E-state index is 5.61. The van der Waals surface area contributed by atoms with Gasteiger partial charge in [-0.3, -0.25) is 0 Å². The Hall–Kier alpha value is -0.610. The summed E-state index contributed by atoms with van der Waals surface area (Å²) < 4.78 is 0.929. The summed E-state index contributed by atoms with van der Waals surface area (Å²) in [5.41, 5.74) is 7.46. The average Bonchev–Trinajstić information content (AvgIpc) is 2.04. The first kappa shape index (κ1) is 10.5. The lowest BCUT2D eigenvalue weighted by Gasteiger charge is -2.10. The van der Waals surface area contributed by atoms with Crippen LogP contribution in [0.3, 0.4) is 0 Å². The highest BCUT2D eigenvalue weighted by Crippen LogP contribution is 2.24. The molecule has 0 aliphatic carbocycles. The fourth-order valence-electron chi connectivity index (χ4n) is 1.11. The van der Waals surface area contributed by atoms with Crippen LogP contribution in [-0.2, 0) is 0 Å². The van der Waals surface area contributed by atoms with Crippen molar-refractivity contribution in [2.75, 3.05) is 11.9 Å². The molecule has 0 bridgehead atoms. The summed E-state index contributed by atoms with van der Waals surface area (Å²) in [4.78, 5) is 0.406. The Morgan fingerprint density at radius 2 is 2.31 bits per heavy atom. The highest BCUT2D eigenvalue weighted by molar-refractivity contribution is 9.10. The highest BCUT2D eigenvalue weighted by atomic mass is 79.9. The SMILES string of the molecule is CCNc1cccc(Br)c1C(N)=S. The summed E-state index contributed by atoms with van der Waals surface area (Å²) >= 11 is 8.37. The average molecular weight is 259 g/mol. The fourth-order valence-corrected chi connectivity index (χ4v) is 2.04. The number of nitrogens with two attached hydrogens (primary N) is 1. The lowest BCUT2D eigenvalue weighted by Crippen LogP contribution is -2.13. The number of hydrogen-bond acceptors (Lipinski definition) is 2. The Bertz CT molecular complexity index is 325. The molecule has 0 unspecified atom stereocenters. The molecular formula is C9H11BrN2S. The molecule has 0 aliphatic heterocycles. The van der Waals surface area contributed by atoms with Crippen molar-refractivity contribution in [1.29, 1.82) is 0 Å². The topological polar surface area (TPSA) is 38.0 Å². The van der Waals surface area contributed by atoms with Gasteiger partial charge < -0.3 is 11.1 Å². The minimum atomic E-state index is 0.406. The first-order chi connectivity index (χ1) is 6.16. The number of nitrogens with one attached hydrogen (secondary N) is 1. The maximum absolute atomic E-state index is 5.61. The van der Waals surface area contributed by atoms with Gasteiger partial charge in [0.05, 0.1) is 0 Å². The zero-order valence-corrected chi connectivity index (χ0v) is 9.71. The van der Waals surface area contributed by atoms with Gasteiger partial charge in [0.15, 0.2) is 0 Å². The summed E-state index contributed by atoms with van der Waals surface area (Å²) in [6.45, 7) is 2.89. The zero-order valence-electron chi connectivity index (χ0n) is 7.30. The molecule has 70 valence electrons. The molecule has 0 aromatic heterocycles. The van der Waals surface area contributed by atoms with Crippen molar-refractivity contribution in [2.45, 2.75) is 6.92 Å². The highest BCUT2D eigenvalue weighted by Gasteiger charge is 2.07. The van der Waals surface area contributed by atoms with E-state index >= 15 is 0 Å². The smallest absolute Gasteiger partial charge is 0.107 e. The number of benzene rings is 1. The second kappa shape index (κ2) is 4.58. The molecular weight excluding hydrogens is 248 g/mol. The van der Waals surface area contributed by atoms with Crippen molar-refractivity contribution in [3.8, 4) is 0 Å². The Morgan fingerprint density at radius 3 is 2.85 bits per heavy atom. The minimum absolute atomic E-state index is 0.406. The predicted octanol–water partition coefficient (Wildman–Crippen LogP) is 2.52. The van der Waals surface area contributed by atoms with Crippen LogP contribution in [0.2, 0.25) is 0 Å². The van der Waals surface area contributed by atoms with Gasteiger partial charge in [-0.05, 0) is 35.0 Å². The fraction of sp³-hybridized carbons (Fsp3) is 0.222. The number of thiocarbonyl (C=S) groups is 1. The van der Waals surface area contributed by atoms with Crippen LogP contribution in [0.5, 0.6) is 0 Å². The van der Waals surface area contributed by atoms with Crippen molar-refractivity contribution >= 4 is 38.8 Å². The van der Waals surface area contributed by atoms with Crippen molar-refractivity contribution < 1.29 is 0 Å². The Balaban J connectivity index is 3.17. The molecule has 0 heterocycles. The van der Waals surface area contributed by atoms with Gasteiger partial charge in [0, 0.05) is 22.3 Å². The van der Waals surface area contributed by atoms with Crippen molar-refractivity contribution in [3.05, 3.63) is 28.2 Å². The van der Waals surface area contributed by atoms with Gasteiger partial charge in [-0.15, -0.1) is 0 Å². The van der Waals surface area contributed by atoms with E-state index in [1.807, 2.05) is 25.1 Å². The quantitative estimate of drug-likeness (QED) is 0.819. The third-order valence-electron chi connectivity index (χ3n) is 1.63. The van der Waals surface area contributed by atoms with E-state index in [1.54, 1.807) is 0 Å². The van der Waals surface area contributed by atoms with Gasteiger partial charge in [0.1, 0.15) is 4.99 Å². The van der Waals surface area contributed by atoms with Crippen LogP contribution in [0.1, 0.15) is 12.5 Å². The van der Waals surface area contributed by atoms with E-state index in [1.165, 1.54) is 0 Å². The molecule has 2 nitrogen and oxygen atoms in total. The van der Waals surface area contributed by atoms with E-state index in [0.29, 0.717) is 4.99 Å². The number of anilines is 1. The van der Waals surface area contributed by atoms with Crippen molar-refractivity contribution in [1.82, 2.24) is 0 Å². The second-order valence-corrected chi connectivity index (χ2v) is 3.85. The molecule has 0 saturated heterocycles. The van der Waals surface area contributed by atoms with Gasteiger partial charge in [0.25, 0.3) is 0 Å². The molecule has 0 fully saturated rings. The molecule has 0 radical (unpaired) electrons. The molecule has 1 aromatic carbocycles. The third-order valence-corrected chi connectivity index (χ3v) is 2.49. The lowest BCUT2D eigenvalue weighted by molar-refractivity contribution is 1.21. The first-order valence-electron chi connectivity index (χ1n) is 3.99. The van der Waals surface area contributed by atoms with Gasteiger partial charge in [0.2, 0.25) is 0 Å². The summed E-state index contributed by atoms with van der Waals surface area (Å²) in [5, 5.41) is 3.20.